The Balaban J connectivity index is 1.83. The quantitative estimate of drug-likeness (QED) is 0.429. The second-order valence-electron chi connectivity index (χ2n) is 7.29. The molecule has 0 aliphatic carbocycles. The summed E-state index contributed by atoms with van der Waals surface area (Å²) in [5, 5.41) is 15.9. The Morgan fingerprint density at radius 1 is 0.833 bits per heavy atom. The minimum absolute atomic E-state index is 0.160. The largest absolute Gasteiger partial charge is 0.508 e. The molecule has 0 saturated heterocycles. The molecular weight excluding hydrogens is 370 g/mol. The van der Waals surface area contributed by atoms with Crippen molar-refractivity contribution >= 4 is 22.8 Å². The van der Waals surface area contributed by atoms with Crippen LogP contribution < -0.4 is 5.32 Å². The summed E-state index contributed by atoms with van der Waals surface area (Å²) in [5.41, 5.74) is 3.24. The molecule has 0 radical (unpaired) electrons. The molecule has 30 heavy (non-hydrogen) atoms. The first-order chi connectivity index (χ1) is 14.6. The van der Waals surface area contributed by atoms with Crippen LogP contribution >= 0.6 is 0 Å². The van der Waals surface area contributed by atoms with Crippen LogP contribution in [0.25, 0.3) is 16.8 Å². The Bertz CT molecular complexity index is 1200. The molecule has 1 amide bonds. The Kier molecular flexibility index (Phi) is 5.62. The van der Waals surface area contributed by atoms with Crippen molar-refractivity contribution < 1.29 is 9.90 Å². The van der Waals surface area contributed by atoms with Gasteiger partial charge in [-0.3, -0.25) is 4.79 Å². The topological polar surface area (TPSA) is 49.3 Å². The molecule has 0 fully saturated rings. The molecule has 148 valence electrons. The van der Waals surface area contributed by atoms with E-state index in [1.165, 1.54) is 0 Å². The second-order valence-corrected chi connectivity index (χ2v) is 7.29. The van der Waals surface area contributed by atoms with Gasteiger partial charge in [-0.2, -0.15) is 0 Å². The molecule has 3 nitrogen and oxygen atoms in total. The number of fused-ring (bicyclic) bond motifs is 1. The van der Waals surface area contributed by atoms with Gasteiger partial charge in [-0.05, 0) is 47.0 Å². The van der Waals surface area contributed by atoms with Gasteiger partial charge < -0.3 is 10.4 Å². The van der Waals surface area contributed by atoms with Crippen LogP contribution in [0.4, 0.5) is 0 Å². The zero-order valence-electron chi connectivity index (χ0n) is 16.7. The van der Waals surface area contributed by atoms with Crippen LogP contribution in [-0.2, 0) is 0 Å². The molecule has 4 aromatic carbocycles. The van der Waals surface area contributed by atoms with E-state index in [0.29, 0.717) is 11.1 Å². The Morgan fingerprint density at radius 2 is 1.47 bits per heavy atom. The molecule has 0 aromatic heterocycles. The van der Waals surface area contributed by atoms with Crippen LogP contribution in [0.15, 0.2) is 103 Å². The second kappa shape index (κ2) is 8.66. The number of hydrogen-bond acceptors (Lipinski definition) is 2. The number of rotatable bonds is 5. The molecule has 0 bridgehead atoms. The summed E-state index contributed by atoms with van der Waals surface area (Å²) in [5.74, 6) is -0.0263. The van der Waals surface area contributed by atoms with Crippen molar-refractivity contribution in [1.29, 1.82) is 0 Å². The number of hydrogen-bond donors (Lipinski definition) is 2. The average Bonchev–Trinajstić information content (AvgIpc) is 2.79. The maximum Gasteiger partial charge on any atom is 0.252 e. The first-order valence-corrected chi connectivity index (χ1v) is 9.93. The fourth-order valence-electron chi connectivity index (χ4n) is 3.70. The number of nitrogens with one attached hydrogen (secondary N) is 1. The van der Waals surface area contributed by atoms with Crippen LogP contribution in [0, 0.1) is 0 Å². The summed E-state index contributed by atoms with van der Waals surface area (Å²) in [7, 11) is 0. The number of carbonyl (C=O) groups is 1. The van der Waals surface area contributed by atoms with Gasteiger partial charge in [0.05, 0.1) is 6.04 Å². The van der Waals surface area contributed by atoms with Crippen molar-refractivity contribution in [2.45, 2.75) is 13.0 Å². The van der Waals surface area contributed by atoms with Crippen LogP contribution in [0.3, 0.4) is 0 Å². The van der Waals surface area contributed by atoms with Gasteiger partial charge in [0.15, 0.2) is 0 Å². The van der Waals surface area contributed by atoms with Crippen molar-refractivity contribution in [3.8, 4) is 5.75 Å². The molecule has 0 aliphatic heterocycles. The fourth-order valence-corrected chi connectivity index (χ4v) is 3.70. The summed E-state index contributed by atoms with van der Waals surface area (Å²) in [6, 6.07) is 30.1. The average molecular weight is 393 g/mol. The van der Waals surface area contributed by atoms with Crippen molar-refractivity contribution in [1.82, 2.24) is 5.32 Å². The van der Waals surface area contributed by atoms with Crippen LogP contribution in [0.2, 0.25) is 0 Å². The lowest BCUT2D eigenvalue weighted by Gasteiger charge is -2.23. The van der Waals surface area contributed by atoms with Gasteiger partial charge in [0, 0.05) is 11.1 Å². The lowest BCUT2D eigenvalue weighted by atomic mass is 9.92. The fraction of sp³-hybridized carbons (Fsp3) is 0.0741. The minimum atomic E-state index is -0.482. The molecule has 1 atom stereocenters. The highest BCUT2D eigenvalue weighted by Crippen LogP contribution is 2.36. The van der Waals surface area contributed by atoms with Crippen LogP contribution in [-0.4, -0.2) is 11.0 Å². The molecule has 3 heteroatoms. The maximum absolute atomic E-state index is 13.0. The number of benzene rings is 4. The van der Waals surface area contributed by atoms with Gasteiger partial charge in [-0.15, -0.1) is 0 Å². The zero-order valence-corrected chi connectivity index (χ0v) is 16.7. The molecule has 0 heterocycles. The monoisotopic (exact) mass is 393 g/mol. The summed E-state index contributed by atoms with van der Waals surface area (Å²) >= 11 is 0. The summed E-state index contributed by atoms with van der Waals surface area (Å²) in [6.45, 7) is 1.98. The highest BCUT2D eigenvalue weighted by Gasteiger charge is 2.23. The van der Waals surface area contributed by atoms with Crippen molar-refractivity contribution in [2.75, 3.05) is 0 Å². The lowest BCUT2D eigenvalue weighted by molar-refractivity contribution is 0.0942. The van der Waals surface area contributed by atoms with E-state index in [1.54, 1.807) is 18.2 Å². The van der Waals surface area contributed by atoms with E-state index in [4.69, 9.17) is 0 Å². The number of phenols is 1. The van der Waals surface area contributed by atoms with E-state index >= 15 is 0 Å². The van der Waals surface area contributed by atoms with Gasteiger partial charge in [-0.1, -0.05) is 84.9 Å². The maximum atomic E-state index is 13.0. The van der Waals surface area contributed by atoms with Gasteiger partial charge >= 0.3 is 0 Å². The summed E-state index contributed by atoms with van der Waals surface area (Å²) < 4.78 is 0. The van der Waals surface area contributed by atoms with Gasteiger partial charge in [0.1, 0.15) is 5.75 Å². The van der Waals surface area contributed by atoms with Crippen LogP contribution in [0.5, 0.6) is 5.75 Å². The summed E-state index contributed by atoms with van der Waals surface area (Å²) in [4.78, 5) is 13.0. The molecule has 4 rings (SSSR count). The molecule has 0 spiro atoms. The molecule has 1 unspecified atom stereocenters. The van der Waals surface area contributed by atoms with Crippen LogP contribution in [0.1, 0.15) is 34.5 Å². The zero-order chi connectivity index (χ0) is 20.9. The van der Waals surface area contributed by atoms with E-state index in [9.17, 15) is 9.90 Å². The summed E-state index contributed by atoms with van der Waals surface area (Å²) in [6.07, 6.45) is 2.04. The number of aromatic hydroxyl groups is 1. The number of phenolic OH excluding ortho intramolecular Hbond substituents is 1. The number of amides is 1. The molecule has 2 N–H and O–H groups in total. The van der Waals surface area contributed by atoms with Gasteiger partial charge in [0.2, 0.25) is 0 Å². The predicted octanol–water partition coefficient (Wildman–Crippen LogP) is 6.12. The lowest BCUT2D eigenvalue weighted by Crippen LogP contribution is -2.29. The Labute approximate surface area is 176 Å². The molecule has 4 aromatic rings. The standard InChI is InChI=1S/C27H23NO2/c1-19(18-20-10-4-2-5-11-20)26(28-27(30)22-13-6-3-7-14-22)25-23-15-9-8-12-21(23)16-17-24(25)29/h2-18,26,29H,1H3,(H,28,30)/b19-18+. The van der Waals surface area contributed by atoms with Crippen molar-refractivity contribution in [3.05, 3.63) is 119 Å². The Hall–Kier alpha value is -3.85. The van der Waals surface area contributed by atoms with E-state index in [1.807, 2.05) is 91.9 Å². The number of carbonyl (C=O) groups excluding carboxylic acids is 1. The normalized spacial score (nSPS) is 12.5. The van der Waals surface area contributed by atoms with E-state index in [2.05, 4.69) is 5.32 Å². The predicted molar refractivity (Wildman–Crippen MR) is 122 cm³/mol. The van der Waals surface area contributed by atoms with Gasteiger partial charge in [0.25, 0.3) is 5.91 Å². The SMILES string of the molecule is C/C(=C\c1ccccc1)C(NC(=O)c1ccccc1)c1c(O)ccc2ccccc12. The first-order valence-electron chi connectivity index (χ1n) is 9.93. The third kappa shape index (κ3) is 4.11. The molecular formula is C27H23NO2. The van der Waals surface area contributed by atoms with Crippen molar-refractivity contribution in [2.24, 2.45) is 0 Å². The Morgan fingerprint density at radius 3 is 2.20 bits per heavy atom. The van der Waals surface area contributed by atoms with E-state index in [-0.39, 0.29) is 11.7 Å². The first kappa shape index (κ1) is 19.5. The highest BCUT2D eigenvalue weighted by atomic mass is 16.3. The molecule has 0 aliphatic rings. The third-order valence-electron chi connectivity index (χ3n) is 5.20. The van der Waals surface area contributed by atoms with Crippen molar-refractivity contribution in [3.63, 3.8) is 0 Å². The highest BCUT2D eigenvalue weighted by molar-refractivity contribution is 5.96. The van der Waals surface area contributed by atoms with Gasteiger partial charge in [-0.25, -0.2) is 0 Å². The van der Waals surface area contributed by atoms with E-state index < -0.39 is 6.04 Å². The smallest absolute Gasteiger partial charge is 0.252 e. The molecule has 0 saturated carbocycles. The third-order valence-corrected chi connectivity index (χ3v) is 5.20. The minimum Gasteiger partial charge on any atom is -0.508 e. The van der Waals surface area contributed by atoms with E-state index in [0.717, 1.165) is 21.9 Å².